The Hall–Kier alpha value is -2.34. The third-order valence-corrected chi connectivity index (χ3v) is 5.05. The standard InChI is InChI=1S/C20H30N6/c1-14(2)26-12-15(3)18(13-26)25-20(21-4)23-11-19-22-10-17(24-19)16-8-6-5-7-9-16/h5-10,14-15,18H,11-13H2,1-4H3,(H,22,24)(H2,21,23,25). The van der Waals surface area contributed by atoms with Crippen LogP contribution in [0.2, 0.25) is 0 Å². The Balaban J connectivity index is 1.54. The molecule has 3 rings (SSSR count). The van der Waals surface area contributed by atoms with Gasteiger partial charge in [-0.25, -0.2) is 4.98 Å². The Morgan fingerprint density at radius 1 is 1.31 bits per heavy atom. The quantitative estimate of drug-likeness (QED) is 0.570. The Kier molecular flexibility index (Phi) is 5.93. The maximum atomic E-state index is 4.47. The molecule has 6 nitrogen and oxygen atoms in total. The molecule has 3 N–H and O–H groups in total. The number of aromatic nitrogens is 2. The third-order valence-electron chi connectivity index (χ3n) is 5.05. The fourth-order valence-corrected chi connectivity index (χ4v) is 3.37. The van der Waals surface area contributed by atoms with Crippen LogP contribution in [-0.4, -0.2) is 53.0 Å². The second-order valence-corrected chi connectivity index (χ2v) is 7.31. The van der Waals surface area contributed by atoms with Crippen LogP contribution in [-0.2, 0) is 6.54 Å². The molecule has 1 aromatic heterocycles. The fourth-order valence-electron chi connectivity index (χ4n) is 3.37. The molecule has 6 heteroatoms. The van der Waals surface area contributed by atoms with Gasteiger partial charge in [-0.3, -0.25) is 9.89 Å². The first-order chi connectivity index (χ1) is 12.6. The van der Waals surface area contributed by atoms with Gasteiger partial charge in [0.1, 0.15) is 5.82 Å². The van der Waals surface area contributed by atoms with E-state index in [0.717, 1.165) is 36.1 Å². The van der Waals surface area contributed by atoms with Crippen LogP contribution in [0.15, 0.2) is 41.5 Å². The van der Waals surface area contributed by atoms with Gasteiger partial charge in [-0.2, -0.15) is 0 Å². The molecule has 1 fully saturated rings. The highest BCUT2D eigenvalue weighted by molar-refractivity contribution is 5.80. The summed E-state index contributed by atoms with van der Waals surface area (Å²) in [7, 11) is 1.81. The van der Waals surface area contributed by atoms with E-state index in [1.807, 2.05) is 31.4 Å². The first-order valence-electron chi connectivity index (χ1n) is 9.37. The lowest BCUT2D eigenvalue weighted by Gasteiger charge is -2.21. The number of likely N-dealkylation sites (tertiary alicyclic amines) is 1. The number of benzene rings is 1. The van der Waals surface area contributed by atoms with Gasteiger partial charge in [0, 0.05) is 32.2 Å². The number of imidazole rings is 1. The normalized spacial score (nSPS) is 21.3. The molecule has 2 atom stereocenters. The summed E-state index contributed by atoms with van der Waals surface area (Å²) in [6.07, 6.45) is 1.88. The zero-order valence-corrected chi connectivity index (χ0v) is 16.2. The lowest BCUT2D eigenvalue weighted by Crippen LogP contribution is -2.46. The van der Waals surface area contributed by atoms with Crippen molar-refractivity contribution in [2.45, 2.75) is 39.4 Å². The van der Waals surface area contributed by atoms with E-state index >= 15 is 0 Å². The summed E-state index contributed by atoms with van der Waals surface area (Å²) in [6, 6.07) is 11.2. The van der Waals surface area contributed by atoms with Crippen molar-refractivity contribution in [2.75, 3.05) is 20.1 Å². The number of guanidine groups is 1. The SMILES string of the molecule is CN=C(NCc1ncc(-c2ccccc2)[nH]1)NC1CN(C(C)C)CC1C. The van der Waals surface area contributed by atoms with E-state index in [9.17, 15) is 0 Å². The number of rotatable bonds is 5. The number of nitrogens with zero attached hydrogens (tertiary/aromatic N) is 3. The van der Waals surface area contributed by atoms with Gasteiger partial charge in [0.15, 0.2) is 5.96 Å². The van der Waals surface area contributed by atoms with E-state index in [1.165, 1.54) is 0 Å². The van der Waals surface area contributed by atoms with Crippen LogP contribution in [0.5, 0.6) is 0 Å². The fraction of sp³-hybridized carbons (Fsp3) is 0.500. The predicted octanol–water partition coefficient (Wildman–Crippen LogP) is 2.47. The van der Waals surface area contributed by atoms with Crippen molar-refractivity contribution in [3.05, 3.63) is 42.4 Å². The van der Waals surface area contributed by atoms with Gasteiger partial charge in [-0.1, -0.05) is 37.3 Å². The molecule has 2 aromatic rings. The average molecular weight is 355 g/mol. The van der Waals surface area contributed by atoms with E-state index in [2.05, 4.69) is 63.4 Å². The first kappa shape index (κ1) is 18.5. The van der Waals surface area contributed by atoms with Gasteiger partial charge in [0.25, 0.3) is 0 Å². The molecule has 0 aliphatic carbocycles. The molecular formula is C20H30N6. The summed E-state index contributed by atoms with van der Waals surface area (Å²) >= 11 is 0. The minimum absolute atomic E-state index is 0.417. The Bertz CT molecular complexity index is 721. The van der Waals surface area contributed by atoms with E-state index < -0.39 is 0 Å². The van der Waals surface area contributed by atoms with Crippen LogP contribution >= 0.6 is 0 Å². The van der Waals surface area contributed by atoms with Gasteiger partial charge >= 0.3 is 0 Å². The van der Waals surface area contributed by atoms with Crippen molar-refractivity contribution in [2.24, 2.45) is 10.9 Å². The van der Waals surface area contributed by atoms with Crippen molar-refractivity contribution < 1.29 is 0 Å². The van der Waals surface area contributed by atoms with Crippen molar-refractivity contribution in [3.8, 4) is 11.3 Å². The highest BCUT2D eigenvalue weighted by Crippen LogP contribution is 2.19. The molecule has 1 aliphatic rings. The van der Waals surface area contributed by atoms with Crippen molar-refractivity contribution >= 4 is 5.96 Å². The van der Waals surface area contributed by atoms with Gasteiger partial charge in [0.2, 0.25) is 0 Å². The number of aromatic amines is 1. The molecular weight excluding hydrogens is 324 g/mol. The second-order valence-electron chi connectivity index (χ2n) is 7.31. The third kappa shape index (κ3) is 4.43. The molecule has 0 bridgehead atoms. The Morgan fingerprint density at radius 3 is 2.73 bits per heavy atom. The van der Waals surface area contributed by atoms with E-state index in [4.69, 9.17) is 0 Å². The van der Waals surface area contributed by atoms with Crippen LogP contribution in [0.25, 0.3) is 11.3 Å². The van der Waals surface area contributed by atoms with Crippen LogP contribution in [0.1, 0.15) is 26.6 Å². The number of hydrogen-bond donors (Lipinski definition) is 3. The average Bonchev–Trinajstić information content (AvgIpc) is 3.26. The van der Waals surface area contributed by atoms with Crippen LogP contribution in [0.4, 0.5) is 0 Å². The van der Waals surface area contributed by atoms with E-state index in [1.54, 1.807) is 0 Å². The molecule has 1 aromatic carbocycles. The number of nitrogens with one attached hydrogen (secondary N) is 3. The molecule has 0 saturated carbocycles. The smallest absolute Gasteiger partial charge is 0.191 e. The highest BCUT2D eigenvalue weighted by Gasteiger charge is 2.31. The molecule has 1 aliphatic heterocycles. The maximum absolute atomic E-state index is 4.47. The van der Waals surface area contributed by atoms with Crippen molar-refractivity contribution in [1.29, 1.82) is 0 Å². The summed E-state index contributed by atoms with van der Waals surface area (Å²) in [6.45, 7) is 9.60. The van der Waals surface area contributed by atoms with Gasteiger partial charge in [-0.15, -0.1) is 0 Å². The minimum atomic E-state index is 0.417. The van der Waals surface area contributed by atoms with Gasteiger partial charge in [0.05, 0.1) is 18.4 Å². The zero-order chi connectivity index (χ0) is 18.5. The topological polar surface area (TPSA) is 68.3 Å². The first-order valence-corrected chi connectivity index (χ1v) is 9.37. The van der Waals surface area contributed by atoms with Gasteiger partial charge in [-0.05, 0) is 25.3 Å². The zero-order valence-electron chi connectivity index (χ0n) is 16.2. The van der Waals surface area contributed by atoms with E-state index in [0.29, 0.717) is 24.5 Å². The van der Waals surface area contributed by atoms with Crippen LogP contribution < -0.4 is 10.6 Å². The van der Waals surface area contributed by atoms with Crippen LogP contribution in [0, 0.1) is 5.92 Å². The minimum Gasteiger partial charge on any atom is -0.352 e. The monoisotopic (exact) mass is 354 g/mol. The second kappa shape index (κ2) is 8.36. The predicted molar refractivity (Wildman–Crippen MR) is 107 cm³/mol. The Morgan fingerprint density at radius 2 is 2.08 bits per heavy atom. The summed E-state index contributed by atoms with van der Waals surface area (Å²) in [5.74, 6) is 2.32. The summed E-state index contributed by atoms with van der Waals surface area (Å²) in [5.41, 5.74) is 2.17. The lowest BCUT2D eigenvalue weighted by atomic mass is 10.1. The van der Waals surface area contributed by atoms with Crippen molar-refractivity contribution in [1.82, 2.24) is 25.5 Å². The molecule has 0 radical (unpaired) electrons. The Labute approximate surface area is 156 Å². The molecule has 0 amide bonds. The van der Waals surface area contributed by atoms with Gasteiger partial charge < -0.3 is 15.6 Å². The molecule has 2 unspecified atom stereocenters. The molecule has 0 spiro atoms. The number of aliphatic imine (C=N–C) groups is 1. The van der Waals surface area contributed by atoms with Crippen LogP contribution in [0.3, 0.4) is 0 Å². The summed E-state index contributed by atoms with van der Waals surface area (Å²) in [4.78, 5) is 14.7. The summed E-state index contributed by atoms with van der Waals surface area (Å²) < 4.78 is 0. The molecule has 26 heavy (non-hydrogen) atoms. The molecule has 2 heterocycles. The molecule has 1 saturated heterocycles. The maximum Gasteiger partial charge on any atom is 0.191 e. The van der Waals surface area contributed by atoms with Crippen molar-refractivity contribution in [3.63, 3.8) is 0 Å². The number of hydrogen-bond acceptors (Lipinski definition) is 3. The largest absolute Gasteiger partial charge is 0.352 e. The highest BCUT2D eigenvalue weighted by atomic mass is 15.3. The lowest BCUT2D eigenvalue weighted by molar-refractivity contribution is 0.265. The van der Waals surface area contributed by atoms with E-state index in [-0.39, 0.29) is 0 Å². The number of H-pyrrole nitrogens is 1. The molecule has 140 valence electrons. The summed E-state index contributed by atoms with van der Waals surface area (Å²) in [5, 5.41) is 6.93.